The van der Waals surface area contributed by atoms with E-state index in [0.29, 0.717) is 5.02 Å². The first kappa shape index (κ1) is 25.7. The predicted octanol–water partition coefficient (Wildman–Crippen LogP) is 3.57. The standard InChI is InChI=1S/C24H25Cl2NO8/c1-12(22(29)30)32-21-19(27-13(2)28)24(33-17-9-8-15(25)10-16(17)26)34-18-11-31-23(35-20(18)21)14-6-4-3-5-7-14/h3-10,12,18-21,23-24H,11H2,1-2H3,(H,27,28)(H,29,30). The molecule has 2 saturated heterocycles. The van der Waals surface area contributed by atoms with E-state index in [2.05, 4.69) is 5.32 Å². The van der Waals surface area contributed by atoms with Gasteiger partial charge >= 0.3 is 5.97 Å². The first-order valence-corrected chi connectivity index (χ1v) is 11.7. The summed E-state index contributed by atoms with van der Waals surface area (Å²) in [5, 5.41) is 12.9. The number of aliphatic carboxylic acids is 1. The van der Waals surface area contributed by atoms with Crippen LogP contribution in [-0.4, -0.2) is 60.3 Å². The molecule has 0 bridgehead atoms. The number of ether oxygens (including phenoxy) is 5. The molecule has 35 heavy (non-hydrogen) atoms. The summed E-state index contributed by atoms with van der Waals surface area (Å²) in [4.78, 5) is 23.8. The van der Waals surface area contributed by atoms with Crippen LogP contribution in [0, 0.1) is 0 Å². The van der Waals surface area contributed by atoms with Crippen molar-refractivity contribution in [1.82, 2.24) is 5.32 Å². The van der Waals surface area contributed by atoms with Crippen LogP contribution in [0.5, 0.6) is 5.75 Å². The molecule has 7 atom stereocenters. The number of rotatable bonds is 7. The van der Waals surface area contributed by atoms with Crippen molar-refractivity contribution >= 4 is 35.1 Å². The van der Waals surface area contributed by atoms with Gasteiger partial charge in [-0.15, -0.1) is 0 Å². The SMILES string of the molecule is CC(=O)NC1C(Oc2ccc(Cl)cc2Cl)OC2COC(c3ccccc3)OC2C1OC(C)C(=O)O. The Balaban J connectivity index is 1.66. The second-order valence-electron chi connectivity index (χ2n) is 8.22. The highest BCUT2D eigenvalue weighted by Crippen LogP contribution is 2.37. The quantitative estimate of drug-likeness (QED) is 0.563. The van der Waals surface area contributed by atoms with Crippen molar-refractivity contribution in [2.45, 2.75) is 56.9 Å². The number of amides is 1. The molecule has 2 aromatic carbocycles. The minimum atomic E-state index is -1.20. The summed E-state index contributed by atoms with van der Waals surface area (Å²) >= 11 is 12.3. The van der Waals surface area contributed by atoms with E-state index in [1.807, 2.05) is 30.3 Å². The Bertz CT molecular complexity index is 1060. The molecular weight excluding hydrogens is 501 g/mol. The Morgan fingerprint density at radius 1 is 1.14 bits per heavy atom. The second kappa shape index (κ2) is 11.1. The number of carbonyl (C=O) groups is 2. The van der Waals surface area contributed by atoms with E-state index in [1.54, 1.807) is 12.1 Å². The highest BCUT2D eigenvalue weighted by molar-refractivity contribution is 6.35. The lowest BCUT2D eigenvalue weighted by Crippen LogP contribution is -2.68. The van der Waals surface area contributed by atoms with E-state index in [9.17, 15) is 14.7 Å². The third kappa shape index (κ3) is 6.06. The van der Waals surface area contributed by atoms with Crippen molar-refractivity contribution in [3.8, 4) is 5.75 Å². The van der Waals surface area contributed by atoms with Crippen molar-refractivity contribution in [3.63, 3.8) is 0 Å². The van der Waals surface area contributed by atoms with Crippen LogP contribution in [0.2, 0.25) is 10.0 Å². The molecule has 2 N–H and O–H groups in total. The first-order chi connectivity index (χ1) is 16.7. The minimum absolute atomic E-state index is 0.118. The molecule has 2 fully saturated rings. The number of halogens is 2. The van der Waals surface area contributed by atoms with Gasteiger partial charge in [-0.25, -0.2) is 4.79 Å². The summed E-state index contributed by atoms with van der Waals surface area (Å²) in [6.45, 7) is 2.85. The van der Waals surface area contributed by atoms with Crippen LogP contribution in [-0.2, 0) is 28.5 Å². The second-order valence-corrected chi connectivity index (χ2v) is 9.06. The van der Waals surface area contributed by atoms with E-state index < -0.39 is 54.9 Å². The maximum absolute atomic E-state index is 12.1. The number of benzene rings is 2. The third-order valence-corrected chi connectivity index (χ3v) is 6.16. The molecule has 2 aliphatic heterocycles. The van der Waals surface area contributed by atoms with Gasteiger partial charge in [0.15, 0.2) is 12.4 Å². The molecule has 4 rings (SSSR count). The molecule has 0 aromatic heterocycles. The Morgan fingerprint density at radius 3 is 2.54 bits per heavy atom. The van der Waals surface area contributed by atoms with Gasteiger partial charge in [0, 0.05) is 17.5 Å². The van der Waals surface area contributed by atoms with Crippen LogP contribution in [0.3, 0.4) is 0 Å². The average molecular weight is 526 g/mol. The number of hydrogen-bond donors (Lipinski definition) is 2. The molecule has 11 heteroatoms. The molecule has 9 nitrogen and oxygen atoms in total. The molecule has 0 aliphatic carbocycles. The normalized spacial score (nSPS) is 29.0. The van der Waals surface area contributed by atoms with Crippen molar-refractivity contribution in [2.75, 3.05) is 6.61 Å². The monoisotopic (exact) mass is 525 g/mol. The Morgan fingerprint density at radius 2 is 1.89 bits per heavy atom. The van der Waals surface area contributed by atoms with Crippen LogP contribution in [0.4, 0.5) is 0 Å². The van der Waals surface area contributed by atoms with Gasteiger partial charge in [-0.05, 0) is 25.1 Å². The summed E-state index contributed by atoms with van der Waals surface area (Å²) < 4.78 is 30.2. The largest absolute Gasteiger partial charge is 0.479 e. The molecule has 2 aliphatic rings. The van der Waals surface area contributed by atoms with Crippen LogP contribution >= 0.6 is 23.2 Å². The van der Waals surface area contributed by atoms with Gasteiger partial charge in [-0.3, -0.25) is 4.79 Å². The van der Waals surface area contributed by atoms with Crippen LogP contribution in [0.25, 0.3) is 0 Å². The lowest BCUT2D eigenvalue weighted by molar-refractivity contribution is -0.340. The van der Waals surface area contributed by atoms with Gasteiger partial charge < -0.3 is 34.1 Å². The Kier molecular flexibility index (Phi) is 8.16. The summed E-state index contributed by atoms with van der Waals surface area (Å²) in [7, 11) is 0. The summed E-state index contributed by atoms with van der Waals surface area (Å²) in [6, 6.07) is 13.0. The van der Waals surface area contributed by atoms with Crippen molar-refractivity contribution in [3.05, 3.63) is 64.1 Å². The Labute approximate surface area is 212 Å². The van der Waals surface area contributed by atoms with Gasteiger partial charge in [0.05, 0.1) is 11.6 Å². The number of carboxylic acid groups (broad SMARTS) is 1. The lowest BCUT2D eigenvalue weighted by Gasteiger charge is -2.49. The van der Waals surface area contributed by atoms with Gasteiger partial charge in [0.2, 0.25) is 12.2 Å². The zero-order chi connectivity index (χ0) is 25.1. The first-order valence-electron chi connectivity index (χ1n) is 11.0. The van der Waals surface area contributed by atoms with E-state index >= 15 is 0 Å². The average Bonchev–Trinajstić information content (AvgIpc) is 2.82. The van der Waals surface area contributed by atoms with E-state index in [-0.39, 0.29) is 17.4 Å². The fourth-order valence-corrected chi connectivity index (χ4v) is 4.44. The molecule has 0 spiro atoms. The smallest absolute Gasteiger partial charge is 0.332 e. The predicted molar refractivity (Wildman–Crippen MR) is 125 cm³/mol. The lowest BCUT2D eigenvalue weighted by atomic mass is 9.95. The fraction of sp³-hybridized carbons (Fsp3) is 0.417. The van der Waals surface area contributed by atoms with Crippen molar-refractivity contribution < 1.29 is 38.4 Å². The number of carbonyl (C=O) groups excluding carboxylic acids is 1. The number of hydrogen-bond acceptors (Lipinski definition) is 7. The van der Waals surface area contributed by atoms with Gasteiger partial charge in [-0.1, -0.05) is 53.5 Å². The molecule has 188 valence electrons. The third-order valence-electron chi connectivity index (χ3n) is 5.63. The fourth-order valence-electron chi connectivity index (χ4n) is 3.99. The molecule has 2 heterocycles. The van der Waals surface area contributed by atoms with E-state index in [4.69, 9.17) is 46.9 Å². The summed E-state index contributed by atoms with van der Waals surface area (Å²) in [5.74, 6) is -1.30. The summed E-state index contributed by atoms with van der Waals surface area (Å²) in [5.41, 5.74) is 0.776. The molecule has 1 amide bonds. The number of nitrogens with one attached hydrogen (secondary N) is 1. The van der Waals surface area contributed by atoms with Crippen LogP contribution in [0.1, 0.15) is 25.7 Å². The van der Waals surface area contributed by atoms with Gasteiger partial charge in [0.25, 0.3) is 0 Å². The zero-order valence-corrected chi connectivity index (χ0v) is 20.4. The Hall–Kier alpha value is -2.40. The molecule has 7 unspecified atom stereocenters. The highest BCUT2D eigenvalue weighted by atomic mass is 35.5. The summed E-state index contributed by atoms with van der Waals surface area (Å²) in [6.07, 6.45) is -5.42. The maximum atomic E-state index is 12.1. The molecule has 0 saturated carbocycles. The number of fused-ring (bicyclic) bond motifs is 1. The zero-order valence-electron chi connectivity index (χ0n) is 18.9. The van der Waals surface area contributed by atoms with Gasteiger partial charge in [-0.2, -0.15) is 0 Å². The van der Waals surface area contributed by atoms with Crippen LogP contribution in [0.15, 0.2) is 48.5 Å². The minimum Gasteiger partial charge on any atom is -0.479 e. The topological polar surface area (TPSA) is 113 Å². The van der Waals surface area contributed by atoms with E-state index in [0.717, 1.165) is 5.56 Å². The van der Waals surface area contributed by atoms with Crippen molar-refractivity contribution in [2.24, 2.45) is 0 Å². The molecule has 0 radical (unpaired) electrons. The van der Waals surface area contributed by atoms with Crippen LogP contribution < -0.4 is 10.1 Å². The molecular formula is C24H25Cl2NO8. The number of carboxylic acids is 1. The molecule has 2 aromatic rings. The van der Waals surface area contributed by atoms with E-state index in [1.165, 1.54) is 19.9 Å². The van der Waals surface area contributed by atoms with Crippen molar-refractivity contribution in [1.29, 1.82) is 0 Å². The maximum Gasteiger partial charge on any atom is 0.332 e. The highest BCUT2D eigenvalue weighted by Gasteiger charge is 2.53. The van der Waals surface area contributed by atoms with Gasteiger partial charge in [0.1, 0.15) is 30.1 Å².